The van der Waals surface area contributed by atoms with Crippen LogP contribution >= 0.6 is 11.6 Å². The molecular formula is C11H12ClN3O2. The highest BCUT2D eigenvalue weighted by Gasteiger charge is 2.32. The highest BCUT2D eigenvalue weighted by Crippen LogP contribution is 2.22. The second-order valence-electron chi connectivity index (χ2n) is 3.80. The van der Waals surface area contributed by atoms with Crippen molar-refractivity contribution in [2.75, 3.05) is 11.4 Å². The summed E-state index contributed by atoms with van der Waals surface area (Å²) in [6.45, 7) is 2.06. The Balaban J connectivity index is 2.34. The lowest BCUT2D eigenvalue weighted by atomic mass is 10.1. The molecular weight excluding hydrogens is 242 g/mol. The number of halogens is 1. The molecule has 17 heavy (non-hydrogen) atoms. The maximum absolute atomic E-state index is 11.7. The predicted molar refractivity (Wildman–Crippen MR) is 63.8 cm³/mol. The summed E-state index contributed by atoms with van der Waals surface area (Å²) in [7, 11) is 0. The maximum atomic E-state index is 11.7. The van der Waals surface area contributed by atoms with E-state index in [4.69, 9.17) is 11.6 Å². The number of hydrogen-bond donors (Lipinski definition) is 1. The first-order valence-electron chi connectivity index (χ1n) is 5.33. The Morgan fingerprint density at radius 2 is 2.35 bits per heavy atom. The third-order valence-corrected chi connectivity index (χ3v) is 2.89. The van der Waals surface area contributed by atoms with Crippen LogP contribution in [0.3, 0.4) is 0 Å². The van der Waals surface area contributed by atoms with E-state index in [2.05, 4.69) is 10.3 Å². The predicted octanol–water partition coefficient (Wildman–Crippen LogP) is 0.976. The summed E-state index contributed by atoms with van der Waals surface area (Å²) in [5.41, 5.74) is 0.736. The van der Waals surface area contributed by atoms with Gasteiger partial charge in [-0.1, -0.05) is 18.5 Å². The molecule has 0 spiro atoms. The maximum Gasteiger partial charge on any atom is 0.249 e. The van der Waals surface area contributed by atoms with Crippen molar-refractivity contribution < 1.29 is 9.59 Å². The van der Waals surface area contributed by atoms with E-state index in [9.17, 15) is 9.59 Å². The van der Waals surface area contributed by atoms with Crippen LogP contribution in [0.1, 0.15) is 13.3 Å². The molecule has 1 saturated heterocycles. The zero-order valence-electron chi connectivity index (χ0n) is 9.31. The number of carbonyl (C=O) groups is 2. The first kappa shape index (κ1) is 11.9. The van der Waals surface area contributed by atoms with E-state index in [0.717, 1.165) is 5.69 Å². The number of piperazine rings is 1. The van der Waals surface area contributed by atoms with Gasteiger partial charge in [0.1, 0.15) is 11.2 Å². The Kier molecular flexibility index (Phi) is 3.28. The number of carbonyl (C=O) groups excluding carboxylic acids is 2. The van der Waals surface area contributed by atoms with E-state index in [-0.39, 0.29) is 24.4 Å². The number of imide groups is 1. The van der Waals surface area contributed by atoms with E-state index in [1.165, 1.54) is 0 Å². The molecule has 1 unspecified atom stereocenters. The minimum atomic E-state index is -0.342. The molecule has 0 aromatic carbocycles. The second-order valence-corrected chi connectivity index (χ2v) is 4.19. The van der Waals surface area contributed by atoms with Crippen molar-refractivity contribution in [3.63, 3.8) is 0 Å². The monoisotopic (exact) mass is 253 g/mol. The molecule has 1 aliphatic heterocycles. The van der Waals surface area contributed by atoms with Crippen molar-refractivity contribution in [3.8, 4) is 0 Å². The molecule has 2 amide bonds. The van der Waals surface area contributed by atoms with E-state index in [0.29, 0.717) is 11.6 Å². The van der Waals surface area contributed by atoms with Gasteiger partial charge in [-0.25, -0.2) is 4.98 Å². The van der Waals surface area contributed by atoms with Gasteiger partial charge in [-0.2, -0.15) is 0 Å². The lowest BCUT2D eigenvalue weighted by molar-refractivity contribution is -0.132. The number of aromatic nitrogens is 1. The highest BCUT2D eigenvalue weighted by atomic mass is 35.5. The van der Waals surface area contributed by atoms with E-state index in [1.807, 2.05) is 6.92 Å². The summed E-state index contributed by atoms with van der Waals surface area (Å²) in [6, 6.07) is 3.04. The molecule has 0 bridgehead atoms. The first-order chi connectivity index (χ1) is 8.11. The number of nitrogens with one attached hydrogen (secondary N) is 1. The molecule has 1 N–H and O–H groups in total. The van der Waals surface area contributed by atoms with E-state index >= 15 is 0 Å². The molecule has 6 heteroatoms. The standard InChI is InChI=1S/C11H12ClN3O2/c1-2-8-11(17)14-10(16)6-15(8)7-3-4-13-9(12)5-7/h3-5,8H,2,6H2,1H3,(H,14,16,17). The minimum Gasteiger partial charge on any atom is -0.350 e. The summed E-state index contributed by atoms with van der Waals surface area (Å²) in [6.07, 6.45) is 2.18. The van der Waals surface area contributed by atoms with Gasteiger partial charge >= 0.3 is 0 Å². The van der Waals surface area contributed by atoms with Gasteiger partial charge in [-0.05, 0) is 18.6 Å². The second kappa shape index (κ2) is 4.71. The van der Waals surface area contributed by atoms with Crippen molar-refractivity contribution in [2.45, 2.75) is 19.4 Å². The minimum absolute atomic E-state index is 0.157. The van der Waals surface area contributed by atoms with Crippen LogP contribution in [-0.2, 0) is 9.59 Å². The van der Waals surface area contributed by atoms with E-state index < -0.39 is 0 Å². The van der Waals surface area contributed by atoms with E-state index in [1.54, 1.807) is 23.2 Å². The fraction of sp³-hybridized carbons (Fsp3) is 0.364. The summed E-state index contributed by atoms with van der Waals surface area (Å²) in [4.78, 5) is 28.7. The zero-order valence-corrected chi connectivity index (χ0v) is 10.1. The van der Waals surface area contributed by atoms with Crippen molar-refractivity contribution in [3.05, 3.63) is 23.5 Å². The van der Waals surface area contributed by atoms with Crippen LogP contribution in [0.5, 0.6) is 0 Å². The molecule has 1 aliphatic rings. The van der Waals surface area contributed by atoms with Crippen LogP contribution in [0.15, 0.2) is 18.3 Å². The molecule has 1 aromatic rings. The van der Waals surface area contributed by atoms with Crippen LogP contribution in [0.4, 0.5) is 5.69 Å². The Morgan fingerprint density at radius 1 is 1.59 bits per heavy atom. The van der Waals surface area contributed by atoms with Crippen LogP contribution in [0.2, 0.25) is 5.15 Å². The van der Waals surface area contributed by atoms with Crippen LogP contribution in [0.25, 0.3) is 0 Å². The number of pyridine rings is 1. The van der Waals surface area contributed by atoms with Gasteiger partial charge in [0.05, 0.1) is 6.54 Å². The van der Waals surface area contributed by atoms with Gasteiger partial charge in [-0.15, -0.1) is 0 Å². The van der Waals surface area contributed by atoms with Crippen LogP contribution < -0.4 is 10.2 Å². The SMILES string of the molecule is CCC1C(=O)NC(=O)CN1c1ccnc(Cl)c1. The quantitative estimate of drug-likeness (QED) is 0.630. The third-order valence-electron chi connectivity index (χ3n) is 2.68. The summed E-state index contributed by atoms with van der Waals surface area (Å²) in [5, 5.41) is 2.67. The third kappa shape index (κ3) is 2.39. The Labute approximate surface area is 104 Å². The number of rotatable bonds is 2. The molecule has 1 atom stereocenters. The Morgan fingerprint density at radius 3 is 3.00 bits per heavy atom. The summed E-state index contributed by atoms with van der Waals surface area (Å²) < 4.78 is 0. The topological polar surface area (TPSA) is 62.3 Å². The number of nitrogens with zero attached hydrogens (tertiary/aromatic N) is 2. The first-order valence-corrected chi connectivity index (χ1v) is 5.71. The molecule has 5 nitrogen and oxygen atoms in total. The van der Waals surface area contributed by atoms with Gasteiger partial charge in [0.15, 0.2) is 0 Å². The Bertz CT molecular complexity index is 464. The molecule has 2 heterocycles. The zero-order chi connectivity index (χ0) is 12.4. The summed E-state index contributed by atoms with van der Waals surface area (Å²) in [5.74, 6) is -0.565. The number of amides is 2. The molecule has 2 rings (SSSR count). The lowest BCUT2D eigenvalue weighted by Gasteiger charge is -2.35. The summed E-state index contributed by atoms with van der Waals surface area (Å²) >= 11 is 5.80. The van der Waals surface area contributed by atoms with Crippen molar-refractivity contribution >= 4 is 29.1 Å². The average Bonchev–Trinajstić information content (AvgIpc) is 2.28. The van der Waals surface area contributed by atoms with Gasteiger partial charge in [0, 0.05) is 11.9 Å². The average molecular weight is 254 g/mol. The molecule has 0 radical (unpaired) electrons. The fourth-order valence-corrected chi connectivity index (χ4v) is 2.08. The molecule has 1 fully saturated rings. The number of anilines is 1. The number of hydrogen-bond acceptors (Lipinski definition) is 4. The van der Waals surface area contributed by atoms with Crippen molar-refractivity contribution in [1.29, 1.82) is 0 Å². The lowest BCUT2D eigenvalue weighted by Crippen LogP contribution is -2.58. The molecule has 90 valence electrons. The molecule has 1 aromatic heterocycles. The van der Waals surface area contributed by atoms with Crippen LogP contribution in [0, 0.1) is 0 Å². The Hall–Kier alpha value is -1.62. The van der Waals surface area contributed by atoms with Gasteiger partial charge in [0.25, 0.3) is 0 Å². The smallest absolute Gasteiger partial charge is 0.249 e. The van der Waals surface area contributed by atoms with Gasteiger partial charge in [-0.3, -0.25) is 14.9 Å². The van der Waals surface area contributed by atoms with Gasteiger partial charge in [0.2, 0.25) is 11.8 Å². The largest absolute Gasteiger partial charge is 0.350 e. The van der Waals surface area contributed by atoms with Crippen LogP contribution in [-0.4, -0.2) is 29.4 Å². The van der Waals surface area contributed by atoms with Gasteiger partial charge < -0.3 is 4.90 Å². The van der Waals surface area contributed by atoms with Crippen molar-refractivity contribution in [1.82, 2.24) is 10.3 Å². The normalized spacial score (nSPS) is 20.4. The van der Waals surface area contributed by atoms with Crippen molar-refractivity contribution in [2.24, 2.45) is 0 Å². The highest BCUT2D eigenvalue weighted by molar-refractivity contribution is 6.29. The molecule has 0 aliphatic carbocycles. The fourth-order valence-electron chi connectivity index (χ4n) is 1.91. The molecule has 0 saturated carbocycles.